The summed E-state index contributed by atoms with van der Waals surface area (Å²) < 4.78 is 11.2. The molecule has 1 amide bonds. The highest BCUT2D eigenvalue weighted by atomic mass is 16.6. The molecule has 0 radical (unpaired) electrons. The van der Waals surface area contributed by atoms with Crippen LogP contribution in [0.5, 0.6) is 0 Å². The first-order valence-electron chi connectivity index (χ1n) is 6.28. The van der Waals surface area contributed by atoms with Gasteiger partial charge in [-0.2, -0.15) is 0 Å². The fraction of sp³-hybridized carbons (Fsp3) is 0.917. The molecule has 5 nitrogen and oxygen atoms in total. The Kier molecular flexibility index (Phi) is 3.58. The number of carbonyl (C=O) groups is 1. The molecule has 2 rings (SSSR count). The second kappa shape index (κ2) is 4.82. The Bertz CT molecular complexity index is 284. The van der Waals surface area contributed by atoms with Crippen LogP contribution >= 0.6 is 0 Å². The van der Waals surface area contributed by atoms with Crippen molar-refractivity contribution in [3.63, 3.8) is 0 Å². The van der Waals surface area contributed by atoms with Gasteiger partial charge < -0.3 is 19.7 Å². The molecule has 17 heavy (non-hydrogen) atoms. The lowest BCUT2D eigenvalue weighted by atomic mass is 10.2. The molecule has 0 aromatic rings. The molecule has 1 atom stereocenters. The first kappa shape index (κ1) is 12.6. The number of nitrogens with one attached hydrogen (secondary N) is 1. The molecule has 0 aromatic carbocycles. The average Bonchev–Trinajstić information content (AvgIpc) is 2.56. The van der Waals surface area contributed by atoms with Crippen LogP contribution in [0.4, 0.5) is 4.79 Å². The maximum absolute atomic E-state index is 11.8. The first-order valence-corrected chi connectivity index (χ1v) is 6.28. The van der Waals surface area contributed by atoms with Crippen LogP contribution in [0.2, 0.25) is 0 Å². The lowest BCUT2D eigenvalue weighted by Crippen LogP contribution is -2.50. The Labute approximate surface area is 102 Å². The Morgan fingerprint density at radius 3 is 2.53 bits per heavy atom. The van der Waals surface area contributed by atoms with E-state index in [4.69, 9.17) is 9.47 Å². The molecule has 2 aliphatic heterocycles. The highest BCUT2D eigenvalue weighted by Crippen LogP contribution is 2.18. The Morgan fingerprint density at radius 2 is 2.00 bits per heavy atom. The Balaban J connectivity index is 1.74. The molecule has 98 valence electrons. The monoisotopic (exact) mass is 242 g/mol. The zero-order valence-electron chi connectivity index (χ0n) is 10.9. The fourth-order valence-electron chi connectivity index (χ4n) is 1.96. The first-order chi connectivity index (χ1) is 7.94. The van der Waals surface area contributed by atoms with Gasteiger partial charge in [0.2, 0.25) is 0 Å². The third kappa shape index (κ3) is 3.57. The molecule has 2 fully saturated rings. The molecule has 2 saturated heterocycles. The van der Waals surface area contributed by atoms with Crippen molar-refractivity contribution in [1.29, 1.82) is 0 Å². The van der Waals surface area contributed by atoms with Crippen LogP contribution in [0.1, 0.15) is 27.2 Å². The SMILES string of the molecule is CC(C)(C)OC(=O)N1CCC(OC2CNC2)C1. The predicted molar refractivity (Wildman–Crippen MR) is 64.0 cm³/mol. The number of hydrogen-bond acceptors (Lipinski definition) is 4. The number of nitrogens with zero attached hydrogens (tertiary/aromatic N) is 1. The molecular formula is C12H22N2O3. The number of ether oxygens (including phenoxy) is 2. The highest BCUT2D eigenvalue weighted by Gasteiger charge is 2.32. The molecule has 0 spiro atoms. The maximum atomic E-state index is 11.8. The molecule has 2 heterocycles. The number of carbonyl (C=O) groups excluding carboxylic acids is 1. The minimum atomic E-state index is -0.423. The van der Waals surface area contributed by atoms with Crippen LogP contribution < -0.4 is 5.32 Å². The van der Waals surface area contributed by atoms with E-state index in [1.54, 1.807) is 4.90 Å². The smallest absolute Gasteiger partial charge is 0.410 e. The van der Waals surface area contributed by atoms with Crippen LogP contribution in [-0.4, -0.2) is 55.0 Å². The van der Waals surface area contributed by atoms with Crippen LogP contribution in [-0.2, 0) is 9.47 Å². The van der Waals surface area contributed by atoms with Crippen molar-refractivity contribution >= 4 is 6.09 Å². The number of hydrogen-bond donors (Lipinski definition) is 1. The number of amides is 1. The van der Waals surface area contributed by atoms with Crippen LogP contribution in [0.15, 0.2) is 0 Å². The van der Waals surface area contributed by atoms with E-state index in [0.717, 1.165) is 26.1 Å². The van der Waals surface area contributed by atoms with E-state index in [0.29, 0.717) is 12.6 Å². The van der Waals surface area contributed by atoms with Crippen LogP contribution in [0.25, 0.3) is 0 Å². The van der Waals surface area contributed by atoms with Gasteiger partial charge in [0, 0.05) is 19.6 Å². The van der Waals surface area contributed by atoms with Crippen molar-refractivity contribution in [3.05, 3.63) is 0 Å². The molecule has 2 aliphatic rings. The van der Waals surface area contributed by atoms with Gasteiger partial charge in [-0.25, -0.2) is 4.79 Å². The quantitative estimate of drug-likeness (QED) is 0.784. The van der Waals surface area contributed by atoms with Crippen LogP contribution in [0, 0.1) is 0 Å². The zero-order valence-corrected chi connectivity index (χ0v) is 10.9. The molecular weight excluding hydrogens is 220 g/mol. The van der Waals surface area contributed by atoms with Crippen molar-refractivity contribution in [2.75, 3.05) is 26.2 Å². The van der Waals surface area contributed by atoms with Crippen molar-refractivity contribution in [2.45, 2.75) is 45.0 Å². The topological polar surface area (TPSA) is 50.8 Å². The molecule has 1 N–H and O–H groups in total. The van der Waals surface area contributed by atoms with Gasteiger partial charge in [0.25, 0.3) is 0 Å². The second-order valence-electron chi connectivity index (χ2n) is 5.75. The molecule has 1 unspecified atom stereocenters. The lowest BCUT2D eigenvalue weighted by molar-refractivity contribution is -0.0336. The molecule has 0 aromatic heterocycles. The number of likely N-dealkylation sites (tertiary alicyclic amines) is 1. The van der Waals surface area contributed by atoms with E-state index in [1.807, 2.05) is 20.8 Å². The van der Waals surface area contributed by atoms with Gasteiger partial charge in [-0.1, -0.05) is 0 Å². The summed E-state index contributed by atoms with van der Waals surface area (Å²) >= 11 is 0. The third-order valence-corrected chi connectivity index (χ3v) is 2.93. The van der Waals surface area contributed by atoms with Gasteiger partial charge in [-0.3, -0.25) is 0 Å². The Morgan fingerprint density at radius 1 is 1.29 bits per heavy atom. The summed E-state index contributed by atoms with van der Waals surface area (Å²) in [7, 11) is 0. The van der Waals surface area contributed by atoms with E-state index in [1.165, 1.54) is 0 Å². The summed E-state index contributed by atoms with van der Waals surface area (Å²) in [5, 5.41) is 3.17. The minimum Gasteiger partial charge on any atom is -0.444 e. The van der Waals surface area contributed by atoms with E-state index in [9.17, 15) is 4.79 Å². The molecule has 0 aliphatic carbocycles. The summed E-state index contributed by atoms with van der Waals surface area (Å²) in [4.78, 5) is 13.5. The zero-order chi connectivity index (χ0) is 12.5. The molecule has 0 saturated carbocycles. The summed E-state index contributed by atoms with van der Waals surface area (Å²) in [6, 6.07) is 0. The highest BCUT2D eigenvalue weighted by molar-refractivity contribution is 5.68. The van der Waals surface area contributed by atoms with Gasteiger partial charge in [0.05, 0.1) is 18.8 Å². The van der Waals surface area contributed by atoms with E-state index in [2.05, 4.69) is 5.32 Å². The molecule has 0 bridgehead atoms. The van der Waals surface area contributed by atoms with Crippen molar-refractivity contribution < 1.29 is 14.3 Å². The van der Waals surface area contributed by atoms with Crippen molar-refractivity contribution in [3.8, 4) is 0 Å². The molecule has 5 heteroatoms. The summed E-state index contributed by atoms with van der Waals surface area (Å²) in [6.07, 6.45) is 1.19. The average molecular weight is 242 g/mol. The predicted octanol–water partition coefficient (Wildman–Crippen LogP) is 0.984. The fourth-order valence-corrected chi connectivity index (χ4v) is 1.96. The summed E-state index contributed by atoms with van der Waals surface area (Å²) in [5.41, 5.74) is -0.423. The van der Waals surface area contributed by atoms with Gasteiger partial charge in [0.15, 0.2) is 0 Å². The largest absolute Gasteiger partial charge is 0.444 e. The summed E-state index contributed by atoms with van der Waals surface area (Å²) in [5.74, 6) is 0. The minimum absolute atomic E-state index is 0.176. The van der Waals surface area contributed by atoms with E-state index >= 15 is 0 Å². The summed E-state index contributed by atoms with van der Waals surface area (Å²) in [6.45, 7) is 8.91. The lowest BCUT2D eigenvalue weighted by Gasteiger charge is -2.30. The normalized spacial score (nSPS) is 25.8. The standard InChI is InChI=1S/C12H22N2O3/c1-12(2,3)17-11(15)14-5-4-9(8-14)16-10-6-13-7-10/h9-10,13H,4-8H2,1-3H3. The van der Waals surface area contributed by atoms with Crippen molar-refractivity contribution in [2.24, 2.45) is 0 Å². The second-order valence-corrected chi connectivity index (χ2v) is 5.75. The Hall–Kier alpha value is -0.810. The van der Waals surface area contributed by atoms with Crippen molar-refractivity contribution in [1.82, 2.24) is 10.2 Å². The van der Waals surface area contributed by atoms with Crippen LogP contribution in [0.3, 0.4) is 0 Å². The number of rotatable bonds is 2. The maximum Gasteiger partial charge on any atom is 0.410 e. The van der Waals surface area contributed by atoms with E-state index in [-0.39, 0.29) is 12.2 Å². The van der Waals surface area contributed by atoms with E-state index < -0.39 is 5.60 Å². The van der Waals surface area contributed by atoms with Gasteiger partial charge >= 0.3 is 6.09 Å². The van der Waals surface area contributed by atoms with Gasteiger partial charge in [0.1, 0.15) is 5.60 Å². The van der Waals surface area contributed by atoms with Gasteiger partial charge in [-0.15, -0.1) is 0 Å². The van der Waals surface area contributed by atoms with Gasteiger partial charge in [-0.05, 0) is 27.2 Å². The third-order valence-electron chi connectivity index (χ3n) is 2.93.